The van der Waals surface area contributed by atoms with Crippen LogP contribution in [0.25, 0.3) is 11.8 Å². The van der Waals surface area contributed by atoms with E-state index in [-0.39, 0.29) is 12.2 Å². The van der Waals surface area contributed by atoms with Gasteiger partial charge in [0, 0.05) is 21.8 Å². The number of esters is 1. The zero-order chi connectivity index (χ0) is 23.8. The molecule has 0 saturated heterocycles. The Morgan fingerprint density at radius 2 is 2.00 bits per heavy atom. The highest BCUT2D eigenvalue weighted by atomic mass is 32.1. The molecule has 0 unspecified atom stereocenters. The summed E-state index contributed by atoms with van der Waals surface area (Å²) >= 11 is 2.84. The fraction of sp³-hybridized carbons (Fsp3) is 0.192. The Balaban J connectivity index is 1.83. The molecule has 0 fully saturated rings. The standard InChI is InChI=1S/C26H23N3O3S2/c1-4-32-25(31)21-22(17-9-6-5-7-10-17)28-26-29(23(21)19-11-8-12-33-19)24(30)20(34-26)14-18-13-15(2)27-16(18)3/h5-14,23,27H,4H2,1-3H3/b20-14-/t23-/m0/s1. The lowest BCUT2D eigenvalue weighted by atomic mass is 9.97. The maximum atomic E-state index is 13.7. The van der Waals surface area contributed by atoms with Crippen LogP contribution in [0.2, 0.25) is 0 Å². The van der Waals surface area contributed by atoms with Gasteiger partial charge < -0.3 is 9.72 Å². The Hall–Kier alpha value is -3.49. The highest BCUT2D eigenvalue weighted by Gasteiger charge is 2.35. The van der Waals surface area contributed by atoms with E-state index >= 15 is 0 Å². The Morgan fingerprint density at radius 1 is 1.21 bits per heavy atom. The van der Waals surface area contributed by atoms with Gasteiger partial charge in [0.05, 0.1) is 22.4 Å². The maximum Gasteiger partial charge on any atom is 0.338 e. The molecule has 3 aromatic heterocycles. The summed E-state index contributed by atoms with van der Waals surface area (Å²) in [7, 11) is 0. The molecule has 0 amide bonds. The van der Waals surface area contributed by atoms with Gasteiger partial charge in [-0.15, -0.1) is 11.3 Å². The minimum Gasteiger partial charge on any atom is -0.463 e. The lowest BCUT2D eigenvalue weighted by Gasteiger charge is -2.24. The number of H-pyrrole nitrogens is 1. The van der Waals surface area contributed by atoms with Crippen molar-refractivity contribution in [1.82, 2.24) is 9.55 Å². The number of fused-ring (bicyclic) bond motifs is 1. The van der Waals surface area contributed by atoms with Gasteiger partial charge in [-0.25, -0.2) is 9.79 Å². The van der Waals surface area contributed by atoms with E-state index in [0.29, 0.717) is 20.6 Å². The quantitative estimate of drug-likeness (QED) is 0.432. The first-order chi connectivity index (χ1) is 16.5. The summed E-state index contributed by atoms with van der Waals surface area (Å²) < 4.78 is 7.67. The molecule has 0 spiro atoms. The zero-order valence-electron chi connectivity index (χ0n) is 19.0. The van der Waals surface area contributed by atoms with Crippen LogP contribution < -0.4 is 14.9 Å². The third-order valence-electron chi connectivity index (χ3n) is 5.66. The number of ether oxygens (including phenoxy) is 1. The van der Waals surface area contributed by atoms with E-state index in [2.05, 4.69) is 4.98 Å². The van der Waals surface area contributed by atoms with Crippen molar-refractivity contribution in [1.29, 1.82) is 0 Å². The second-order valence-corrected chi connectivity index (χ2v) is 9.97. The molecule has 4 aromatic rings. The van der Waals surface area contributed by atoms with Gasteiger partial charge in [0.1, 0.15) is 6.04 Å². The lowest BCUT2D eigenvalue weighted by molar-refractivity contribution is -0.138. The molecule has 8 heteroatoms. The van der Waals surface area contributed by atoms with Crippen molar-refractivity contribution in [2.45, 2.75) is 26.8 Å². The summed E-state index contributed by atoms with van der Waals surface area (Å²) in [4.78, 5) is 36.6. The number of carbonyl (C=O) groups is 1. The van der Waals surface area contributed by atoms with Crippen LogP contribution in [0.15, 0.2) is 69.3 Å². The van der Waals surface area contributed by atoms with Crippen LogP contribution in [0.1, 0.15) is 40.4 Å². The maximum absolute atomic E-state index is 13.7. The van der Waals surface area contributed by atoms with Gasteiger partial charge in [0.2, 0.25) is 0 Å². The smallest absolute Gasteiger partial charge is 0.338 e. The SMILES string of the molecule is CCOC(=O)C1=C(c2ccccc2)N=c2s/c(=C\c3cc(C)[nH]c3C)c(=O)n2[C@H]1c1cccs1. The molecule has 1 N–H and O–H groups in total. The third-order valence-corrected chi connectivity index (χ3v) is 7.57. The first-order valence-electron chi connectivity index (χ1n) is 11.0. The molecule has 0 aliphatic carbocycles. The molecule has 5 rings (SSSR count). The monoisotopic (exact) mass is 489 g/mol. The number of aromatic amines is 1. The summed E-state index contributed by atoms with van der Waals surface area (Å²) in [6.07, 6.45) is 1.89. The van der Waals surface area contributed by atoms with E-state index in [0.717, 1.165) is 27.4 Å². The zero-order valence-corrected chi connectivity index (χ0v) is 20.6. The largest absolute Gasteiger partial charge is 0.463 e. The number of nitrogens with one attached hydrogen (secondary N) is 1. The van der Waals surface area contributed by atoms with Gasteiger partial charge in [-0.2, -0.15) is 0 Å². The van der Waals surface area contributed by atoms with Gasteiger partial charge in [-0.3, -0.25) is 9.36 Å². The number of carbonyl (C=O) groups excluding carboxylic acids is 1. The van der Waals surface area contributed by atoms with E-state index < -0.39 is 12.0 Å². The van der Waals surface area contributed by atoms with Crippen LogP contribution in [-0.2, 0) is 9.53 Å². The van der Waals surface area contributed by atoms with Crippen molar-refractivity contribution in [2.24, 2.45) is 4.99 Å². The summed E-state index contributed by atoms with van der Waals surface area (Å²) in [6.45, 7) is 5.98. The van der Waals surface area contributed by atoms with Crippen LogP contribution in [0.3, 0.4) is 0 Å². The predicted octanol–water partition coefficient (Wildman–Crippen LogP) is 3.94. The highest BCUT2D eigenvalue weighted by Crippen LogP contribution is 2.36. The van der Waals surface area contributed by atoms with Crippen molar-refractivity contribution in [3.8, 4) is 0 Å². The van der Waals surface area contributed by atoms with Crippen LogP contribution in [0.5, 0.6) is 0 Å². The summed E-state index contributed by atoms with van der Waals surface area (Å²) in [5.41, 5.74) is 4.54. The first-order valence-corrected chi connectivity index (χ1v) is 12.7. The number of benzene rings is 1. The molecule has 6 nitrogen and oxygen atoms in total. The summed E-state index contributed by atoms with van der Waals surface area (Å²) in [5.74, 6) is -0.463. The molecule has 0 bridgehead atoms. The van der Waals surface area contributed by atoms with Crippen molar-refractivity contribution in [2.75, 3.05) is 6.61 Å². The highest BCUT2D eigenvalue weighted by molar-refractivity contribution is 7.10. The lowest BCUT2D eigenvalue weighted by Crippen LogP contribution is -2.39. The van der Waals surface area contributed by atoms with E-state index in [9.17, 15) is 9.59 Å². The Kier molecular flexibility index (Phi) is 5.93. The molecule has 172 valence electrons. The Morgan fingerprint density at radius 3 is 2.65 bits per heavy atom. The molecule has 1 aliphatic rings. The number of nitrogens with zero attached hydrogens (tertiary/aromatic N) is 2. The van der Waals surface area contributed by atoms with Gasteiger partial charge in [0.15, 0.2) is 4.80 Å². The van der Waals surface area contributed by atoms with E-state index in [4.69, 9.17) is 9.73 Å². The first kappa shape index (κ1) is 22.3. The van der Waals surface area contributed by atoms with Crippen molar-refractivity contribution < 1.29 is 9.53 Å². The number of aromatic nitrogens is 2. The predicted molar refractivity (Wildman–Crippen MR) is 136 cm³/mol. The average Bonchev–Trinajstić information content (AvgIpc) is 3.54. The third kappa shape index (κ3) is 3.89. The van der Waals surface area contributed by atoms with Crippen LogP contribution in [0.4, 0.5) is 0 Å². The molecule has 1 atom stereocenters. The van der Waals surface area contributed by atoms with E-state index in [1.54, 1.807) is 11.5 Å². The van der Waals surface area contributed by atoms with Crippen molar-refractivity contribution >= 4 is 40.4 Å². The minimum absolute atomic E-state index is 0.172. The molecule has 1 aliphatic heterocycles. The van der Waals surface area contributed by atoms with Gasteiger partial charge in [-0.1, -0.05) is 47.7 Å². The molecule has 1 aromatic carbocycles. The number of thiophene rings is 1. The second kappa shape index (κ2) is 9.04. The van der Waals surface area contributed by atoms with Gasteiger partial charge in [0.25, 0.3) is 5.56 Å². The molecule has 34 heavy (non-hydrogen) atoms. The molecule has 4 heterocycles. The Labute approximate surface area is 204 Å². The van der Waals surface area contributed by atoms with E-state index in [1.165, 1.54) is 22.7 Å². The van der Waals surface area contributed by atoms with Gasteiger partial charge >= 0.3 is 5.97 Å². The Bertz CT molecular complexity index is 1570. The molecule has 0 radical (unpaired) electrons. The number of thiazole rings is 1. The molecule has 0 saturated carbocycles. The number of rotatable bonds is 5. The minimum atomic E-state index is -0.610. The van der Waals surface area contributed by atoms with Gasteiger partial charge in [-0.05, 0) is 49.9 Å². The molecular weight excluding hydrogens is 466 g/mol. The fourth-order valence-electron chi connectivity index (χ4n) is 4.19. The van der Waals surface area contributed by atoms with Crippen LogP contribution in [0, 0.1) is 13.8 Å². The van der Waals surface area contributed by atoms with Crippen molar-refractivity contribution in [3.05, 3.63) is 107 Å². The fourth-order valence-corrected chi connectivity index (χ4v) is 6.01. The van der Waals surface area contributed by atoms with Crippen LogP contribution in [-0.4, -0.2) is 22.1 Å². The topological polar surface area (TPSA) is 76.4 Å². The average molecular weight is 490 g/mol. The normalized spacial score (nSPS) is 15.9. The number of hydrogen-bond acceptors (Lipinski definition) is 6. The van der Waals surface area contributed by atoms with Crippen molar-refractivity contribution in [3.63, 3.8) is 0 Å². The second-order valence-electron chi connectivity index (χ2n) is 7.98. The number of aryl methyl sites for hydroxylation is 2. The number of hydrogen-bond donors (Lipinski definition) is 1. The van der Waals surface area contributed by atoms with E-state index in [1.807, 2.05) is 73.8 Å². The summed E-state index contributed by atoms with van der Waals surface area (Å²) in [5, 5.41) is 1.95. The molecular formula is C26H23N3O3S2. The van der Waals surface area contributed by atoms with Crippen LogP contribution >= 0.6 is 22.7 Å². The summed E-state index contributed by atoms with van der Waals surface area (Å²) in [6, 6.07) is 14.9.